The maximum atomic E-state index is 11.5. The Balaban J connectivity index is 2.07. The topological polar surface area (TPSA) is 52.6 Å². The molecule has 0 heterocycles. The number of rotatable bonds is 10. The van der Waals surface area contributed by atoms with E-state index in [0.717, 1.165) is 18.4 Å². The van der Waals surface area contributed by atoms with Crippen molar-refractivity contribution in [1.29, 1.82) is 0 Å². The van der Waals surface area contributed by atoms with Crippen molar-refractivity contribution in [2.24, 2.45) is 0 Å². The van der Waals surface area contributed by atoms with Gasteiger partial charge >= 0.3 is 11.9 Å². The highest BCUT2D eigenvalue weighted by molar-refractivity contribution is 6.30. The lowest BCUT2D eigenvalue weighted by atomic mass is 10.2. The maximum absolute atomic E-state index is 11.5. The molecule has 22 heavy (non-hydrogen) atoms. The Labute approximate surface area is 136 Å². The van der Waals surface area contributed by atoms with Crippen LogP contribution in [-0.4, -0.2) is 25.2 Å². The van der Waals surface area contributed by atoms with Crippen molar-refractivity contribution in [3.63, 3.8) is 0 Å². The van der Waals surface area contributed by atoms with Gasteiger partial charge in [0.1, 0.15) is 0 Å². The highest BCUT2D eigenvalue weighted by Crippen LogP contribution is 2.11. The number of unbranched alkanes of at least 4 members (excludes halogenated alkanes) is 1. The zero-order valence-electron chi connectivity index (χ0n) is 13.0. The number of hydrogen-bond donors (Lipinski definition) is 0. The molecular weight excluding hydrogens is 304 g/mol. The number of carbonyl (C=O) groups excluding carboxylic acids is 2. The first kappa shape index (κ1) is 18.5. The Morgan fingerprint density at radius 1 is 1.05 bits per heavy atom. The van der Waals surface area contributed by atoms with E-state index in [1.165, 1.54) is 0 Å². The fourth-order valence-corrected chi connectivity index (χ4v) is 2.04. The third-order valence-corrected chi connectivity index (χ3v) is 3.30. The summed E-state index contributed by atoms with van der Waals surface area (Å²) < 4.78 is 10.1. The molecule has 1 rings (SSSR count). The van der Waals surface area contributed by atoms with Crippen molar-refractivity contribution < 1.29 is 19.1 Å². The molecule has 0 bridgehead atoms. The second-order valence-electron chi connectivity index (χ2n) is 5.03. The summed E-state index contributed by atoms with van der Waals surface area (Å²) in [7, 11) is 0. The van der Waals surface area contributed by atoms with E-state index in [0.29, 0.717) is 31.1 Å². The molecule has 0 unspecified atom stereocenters. The summed E-state index contributed by atoms with van der Waals surface area (Å²) in [6, 6.07) is 7.45. The van der Waals surface area contributed by atoms with Gasteiger partial charge in [-0.2, -0.15) is 0 Å². The molecule has 0 aliphatic rings. The number of benzene rings is 1. The first-order valence-electron chi connectivity index (χ1n) is 7.67. The van der Waals surface area contributed by atoms with Crippen LogP contribution in [0.25, 0.3) is 0 Å². The molecule has 0 aliphatic carbocycles. The third-order valence-electron chi connectivity index (χ3n) is 3.07. The molecule has 1 aromatic carbocycles. The Bertz CT molecular complexity index is 473. The summed E-state index contributed by atoms with van der Waals surface area (Å²) in [5, 5.41) is 0.672. The van der Waals surface area contributed by atoms with Crippen LogP contribution in [0.3, 0.4) is 0 Å². The normalized spacial score (nSPS) is 10.3. The molecule has 122 valence electrons. The van der Waals surface area contributed by atoms with Gasteiger partial charge in [0.2, 0.25) is 0 Å². The molecule has 0 N–H and O–H groups in total. The van der Waals surface area contributed by atoms with Gasteiger partial charge in [-0.25, -0.2) is 0 Å². The Morgan fingerprint density at radius 3 is 2.36 bits per heavy atom. The average molecular weight is 327 g/mol. The minimum absolute atomic E-state index is 0.235. The van der Waals surface area contributed by atoms with Crippen molar-refractivity contribution >= 4 is 23.5 Å². The van der Waals surface area contributed by atoms with Crippen LogP contribution in [0.1, 0.15) is 44.6 Å². The molecule has 0 spiro atoms. The van der Waals surface area contributed by atoms with Gasteiger partial charge in [0.15, 0.2) is 0 Å². The van der Waals surface area contributed by atoms with Crippen LogP contribution < -0.4 is 0 Å². The zero-order chi connectivity index (χ0) is 16.2. The smallest absolute Gasteiger partial charge is 0.305 e. The van der Waals surface area contributed by atoms with Gasteiger partial charge in [-0.15, -0.1) is 0 Å². The van der Waals surface area contributed by atoms with Gasteiger partial charge in [0.25, 0.3) is 0 Å². The molecule has 0 radical (unpaired) electrons. The van der Waals surface area contributed by atoms with E-state index < -0.39 is 0 Å². The fourth-order valence-electron chi connectivity index (χ4n) is 1.83. The van der Waals surface area contributed by atoms with Crippen LogP contribution in [0.5, 0.6) is 0 Å². The van der Waals surface area contributed by atoms with Crippen LogP contribution in [0.2, 0.25) is 5.02 Å². The van der Waals surface area contributed by atoms with Gasteiger partial charge in [-0.05, 0) is 30.5 Å². The molecule has 0 amide bonds. The Morgan fingerprint density at radius 2 is 1.73 bits per heavy atom. The van der Waals surface area contributed by atoms with Crippen molar-refractivity contribution in [3.8, 4) is 0 Å². The molecule has 1 aromatic rings. The van der Waals surface area contributed by atoms with Gasteiger partial charge in [0.05, 0.1) is 13.2 Å². The number of hydrogen-bond acceptors (Lipinski definition) is 4. The minimum atomic E-state index is -0.289. The van der Waals surface area contributed by atoms with Crippen molar-refractivity contribution in [2.75, 3.05) is 13.2 Å². The van der Waals surface area contributed by atoms with Crippen LogP contribution in [-0.2, 0) is 25.5 Å². The van der Waals surface area contributed by atoms with E-state index in [-0.39, 0.29) is 24.8 Å². The van der Waals surface area contributed by atoms with E-state index in [1.54, 1.807) is 6.07 Å². The quantitative estimate of drug-likeness (QED) is 0.482. The number of esters is 2. The van der Waals surface area contributed by atoms with Crippen molar-refractivity contribution in [2.45, 2.75) is 45.4 Å². The Kier molecular flexibility index (Phi) is 9.31. The molecule has 0 aliphatic heterocycles. The molecular formula is C17H23ClO4. The van der Waals surface area contributed by atoms with E-state index in [4.69, 9.17) is 21.1 Å². The highest BCUT2D eigenvalue weighted by Gasteiger charge is 2.07. The van der Waals surface area contributed by atoms with E-state index >= 15 is 0 Å². The lowest BCUT2D eigenvalue weighted by molar-refractivity contribution is -0.145. The van der Waals surface area contributed by atoms with Crippen molar-refractivity contribution in [3.05, 3.63) is 34.9 Å². The summed E-state index contributed by atoms with van der Waals surface area (Å²) in [5.41, 5.74) is 1.03. The molecule has 0 fully saturated rings. The highest BCUT2D eigenvalue weighted by atomic mass is 35.5. The van der Waals surface area contributed by atoms with Gasteiger partial charge in [-0.3, -0.25) is 9.59 Å². The standard InChI is InChI=1S/C17H23ClO4/c1-2-3-11-21-16(19)8-5-9-17(20)22-12-10-14-6-4-7-15(18)13-14/h4,6-7,13H,2-3,5,8-12H2,1H3. The summed E-state index contributed by atoms with van der Waals surface area (Å²) in [6.07, 6.45) is 3.45. The summed E-state index contributed by atoms with van der Waals surface area (Å²) in [6.45, 7) is 2.81. The fraction of sp³-hybridized carbons (Fsp3) is 0.529. The van der Waals surface area contributed by atoms with Crippen LogP contribution in [0.15, 0.2) is 24.3 Å². The molecule has 0 saturated heterocycles. The minimum Gasteiger partial charge on any atom is -0.466 e. The number of carbonyl (C=O) groups is 2. The largest absolute Gasteiger partial charge is 0.466 e. The SMILES string of the molecule is CCCCOC(=O)CCCC(=O)OCCc1cccc(Cl)c1. The number of halogens is 1. The monoisotopic (exact) mass is 326 g/mol. The first-order chi connectivity index (χ1) is 10.6. The Hall–Kier alpha value is -1.55. The predicted molar refractivity (Wildman–Crippen MR) is 85.8 cm³/mol. The lowest BCUT2D eigenvalue weighted by Gasteiger charge is -2.06. The molecule has 4 nitrogen and oxygen atoms in total. The summed E-state index contributed by atoms with van der Waals surface area (Å²) in [5.74, 6) is -0.538. The second-order valence-corrected chi connectivity index (χ2v) is 5.46. The molecule has 0 aromatic heterocycles. The van der Waals surface area contributed by atoms with E-state index in [2.05, 4.69) is 0 Å². The molecule has 0 atom stereocenters. The van der Waals surface area contributed by atoms with Crippen molar-refractivity contribution in [1.82, 2.24) is 0 Å². The van der Waals surface area contributed by atoms with Crippen LogP contribution in [0.4, 0.5) is 0 Å². The second kappa shape index (κ2) is 11.1. The van der Waals surface area contributed by atoms with Gasteiger partial charge in [-0.1, -0.05) is 37.1 Å². The predicted octanol–water partition coefficient (Wildman–Crippen LogP) is 3.94. The van der Waals surface area contributed by atoms with Gasteiger partial charge in [0, 0.05) is 24.3 Å². The lowest BCUT2D eigenvalue weighted by Crippen LogP contribution is -2.10. The maximum Gasteiger partial charge on any atom is 0.305 e. The van der Waals surface area contributed by atoms with Crippen LogP contribution in [0, 0.1) is 0 Å². The van der Waals surface area contributed by atoms with E-state index in [1.807, 2.05) is 25.1 Å². The first-order valence-corrected chi connectivity index (χ1v) is 8.05. The molecule has 0 saturated carbocycles. The summed E-state index contributed by atoms with van der Waals surface area (Å²) >= 11 is 5.88. The van der Waals surface area contributed by atoms with E-state index in [9.17, 15) is 9.59 Å². The number of ether oxygens (including phenoxy) is 2. The average Bonchev–Trinajstić information content (AvgIpc) is 2.47. The zero-order valence-corrected chi connectivity index (χ0v) is 13.7. The van der Waals surface area contributed by atoms with Crippen LogP contribution >= 0.6 is 11.6 Å². The summed E-state index contributed by atoms with van der Waals surface area (Å²) in [4.78, 5) is 22.9. The molecule has 5 heteroatoms. The van der Waals surface area contributed by atoms with Gasteiger partial charge < -0.3 is 9.47 Å². The third kappa shape index (κ3) is 8.67.